The second-order valence-electron chi connectivity index (χ2n) is 25.5. The molecule has 2 fully saturated rings. The van der Waals surface area contributed by atoms with Crippen LogP contribution in [-0.2, 0) is 18.9 Å². The van der Waals surface area contributed by atoms with Gasteiger partial charge in [-0.05, 0) is 204 Å². The Morgan fingerprint density at radius 3 is 0.969 bits per heavy atom. The van der Waals surface area contributed by atoms with Gasteiger partial charge in [0, 0.05) is 35.2 Å². The average Bonchev–Trinajstić information content (AvgIpc) is 0.751. The molecule has 2 heterocycles. The Balaban J connectivity index is 0.631. The van der Waals surface area contributed by atoms with Crippen molar-refractivity contribution >= 4 is 45.4 Å². The molecule has 12 rings (SSSR count). The Hall–Kier alpha value is -9.96. The molecule has 0 spiro atoms. The van der Waals surface area contributed by atoms with Crippen molar-refractivity contribution in [3.05, 3.63) is 241 Å². The first-order valence-electron chi connectivity index (χ1n) is 34.1. The maximum atomic E-state index is 14.3. The van der Waals surface area contributed by atoms with Gasteiger partial charge in [0.2, 0.25) is 0 Å². The SMILES string of the molecule is CCC1(COCCCCCCOc2ccc(C(=O)Oc3ccc(-c4ccc(C(=O)Oc5ccc6ccccc6c5-c5c(OC(=O)c6ccc(-c7ccc(OC(=O)c8ccc(OCCCCCCOCC9(CC)COC9)cc8)cc7)cc6)ccc6ccccc56)cc4)cc3)cc2)COC1. The molecule has 98 heavy (non-hydrogen) atoms. The summed E-state index contributed by atoms with van der Waals surface area (Å²) >= 11 is 0. The first kappa shape index (κ1) is 68.0. The number of benzene rings is 10. The lowest BCUT2D eigenvalue weighted by Gasteiger charge is -2.40. The molecule has 10 aromatic rings. The third kappa shape index (κ3) is 17.2. The minimum absolute atomic E-state index is 0.223. The number of hydrogen-bond acceptors (Lipinski definition) is 14. The van der Waals surface area contributed by atoms with Crippen LogP contribution in [0, 0.1) is 10.8 Å². The molecule has 2 saturated heterocycles. The standard InChI is InChI=1S/C84H82O14/c1-3-83(55-91-56-83)53-89-49-13-5-7-15-51-93-69-39-33-67(34-40-69)79(85)95-71-43-29-61(30-44-71)59-21-25-65(26-22-59)81(87)97-75-47-37-63-17-9-11-19-73(63)77(75)78-74-20-12-10-18-64(74)38-48-76(78)98-82(88)66-27-23-60(24-28-66)62-31-45-72(46-32-62)96-80(86)68-35-41-70(42-36-68)94-52-16-8-6-14-50-90-54-84(4-2)57-92-58-84/h9-12,17-48H,3-8,13-16,49-58H2,1-2H3. The summed E-state index contributed by atoms with van der Waals surface area (Å²) in [5, 5.41) is 3.35. The molecule has 0 bridgehead atoms. The van der Waals surface area contributed by atoms with Crippen LogP contribution in [0.25, 0.3) is 54.9 Å². The van der Waals surface area contributed by atoms with Crippen LogP contribution in [-0.4, -0.2) is 89.9 Å². The van der Waals surface area contributed by atoms with Gasteiger partial charge in [0.05, 0.1) is 75.1 Å². The molecule has 0 saturated carbocycles. The van der Waals surface area contributed by atoms with E-state index >= 15 is 0 Å². The van der Waals surface area contributed by atoms with Crippen LogP contribution in [0.5, 0.6) is 34.5 Å². The predicted octanol–water partition coefficient (Wildman–Crippen LogP) is 18.6. The highest BCUT2D eigenvalue weighted by Crippen LogP contribution is 2.46. The van der Waals surface area contributed by atoms with Crippen LogP contribution in [0.2, 0.25) is 0 Å². The zero-order valence-corrected chi connectivity index (χ0v) is 55.6. The molecule has 0 N–H and O–H groups in total. The first-order valence-corrected chi connectivity index (χ1v) is 34.1. The van der Waals surface area contributed by atoms with Crippen molar-refractivity contribution in [2.75, 3.05) is 66.1 Å². The molecule has 502 valence electrons. The minimum atomic E-state index is -0.583. The molecular formula is C84H82O14. The molecule has 2 aliphatic rings. The number of unbranched alkanes of at least 4 members (excludes halogenated alkanes) is 6. The smallest absolute Gasteiger partial charge is 0.343 e. The lowest BCUT2D eigenvalue weighted by molar-refractivity contribution is -0.150. The predicted molar refractivity (Wildman–Crippen MR) is 380 cm³/mol. The van der Waals surface area contributed by atoms with Gasteiger partial charge in [0.25, 0.3) is 0 Å². The number of esters is 4. The fourth-order valence-electron chi connectivity index (χ4n) is 12.1. The van der Waals surface area contributed by atoms with E-state index < -0.39 is 23.9 Å². The quantitative estimate of drug-likeness (QED) is 0.0217. The second-order valence-corrected chi connectivity index (χ2v) is 25.5. The summed E-state index contributed by atoms with van der Waals surface area (Å²) in [6, 6.07) is 65.4. The lowest BCUT2D eigenvalue weighted by atomic mass is 9.84. The molecule has 0 aromatic heterocycles. The summed E-state index contributed by atoms with van der Waals surface area (Å²) in [7, 11) is 0. The molecule has 14 heteroatoms. The van der Waals surface area contributed by atoms with Crippen molar-refractivity contribution in [1.82, 2.24) is 0 Å². The van der Waals surface area contributed by atoms with Gasteiger partial charge in [-0.25, -0.2) is 19.2 Å². The summed E-state index contributed by atoms with van der Waals surface area (Å²) in [5.74, 6) is 0.589. The molecule has 0 radical (unpaired) electrons. The van der Waals surface area contributed by atoms with Crippen molar-refractivity contribution in [3.63, 3.8) is 0 Å². The van der Waals surface area contributed by atoms with Gasteiger partial charge in [-0.1, -0.05) is 136 Å². The van der Waals surface area contributed by atoms with Crippen LogP contribution in [0.1, 0.15) is 119 Å². The van der Waals surface area contributed by atoms with Gasteiger partial charge < -0.3 is 47.4 Å². The maximum Gasteiger partial charge on any atom is 0.343 e. The van der Waals surface area contributed by atoms with Crippen LogP contribution in [0.15, 0.2) is 218 Å². The van der Waals surface area contributed by atoms with Gasteiger partial charge in [-0.2, -0.15) is 0 Å². The van der Waals surface area contributed by atoms with Gasteiger partial charge in [0.15, 0.2) is 0 Å². The van der Waals surface area contributed by atoms with Crippen molar-refractivity contribution in [3.8, 4) is 67.9 Å². The fourth-order valence-corrected chi connectivity index (χ4v) is 12.1. The Bertz CT molecular complexity index is 4020. The first-order chi connectivity index (χ1) is 48.0. The van der Waals surface area contributed by atoms with Gasteiger partial charge in [-0.15, -0.1) is 0 Å². The Kier molecular flexibility index (Phi) is 22.8. The third-order valence-corrected chi connectivity index (χ3v) is 18.5. The Morgan fingerprint density at radius 1 is 0.327 bits per heavy atom. The van der Waals surface area contributed by atoms with Crippen LogP contribution < -0.4 is 28.4 Å². The summed E-state index contributed by atoms with van der Waals surface area (Å²) < 4.78 is 58.6. The molecule has 0 unspecified atom stereocenters. The summed E-state index contributed by atoms with van der Waals surface area (Å²) in [4.78, 5) is 54.8. The third-order valence-electron chi connectivity index (χ3n) is 18.5. The minimum Gasteiger partial charge on any atom is -0.494 e. The van der Waals surface area contributed by atoms with Crippen molar-refractivity contribution < 1.29 is 66.5 Å². The van der Waals surface area contributed by atoms with Gasteiger partial charge in [-0.3, -0.25) is 0 Å². The highest BCUT2D eigenvalue weighted by molar-refractivity contribution is 6.11. The highest BCUT2D eigenvalue weighted by Gasteiger charge is 2.38. The van der Waals surface area contributed by atoms with Gasteiger partial charge in [0.1, 0.15) is 34.5 Å². The number of fused-ring (bicyclic) bond motifs is 2. The summed E-state index contributed by atoms with van der Waals surface area (Å²) in [6.07, 6.45) is 10.4. The van der Waals surface area contributed by atoms with E-state index in [4.69, 9.17) is 47.4 Å². The van der Waals surface area contributed by atoms with E-state index in [9.17, 15) is 19.2 Å². The lowest BCUT2D eigenvalue weighted by Crippen LogP contribution is -2.45. The van der Waals surface area contributed by atoms with E-state index in [2.05, 4.69) is 13.8 Å². The van der Waals surface area contributed by atoms with E-state index in [0.717, 1.165) is 161 Å². The van der Waals surface area contributed by atoms with E-state index in [-0.39, 0.29) is 22.3 Å². The largest absolute Gasteiger partial charge is 0.494 e. The Morgan fingerprint density at radius 2 is 0.633 bits per heavy atom. The fraction of sp³-hybridized carbons (Fsp3) is 0.286. The van der Waals surface area contributed by atoms with E-state index in [1.54, 1.807) is 109 Å². The van der Waals surface area contributed by atoms with Gasteiger partial charge >= 0.3 is 23.9 Å². The zero-order valence-electron chi connectivity index (χ0n) is 55.6. The normalized spacial score (nSPS) is 13.6. The second kappa shape index (κ2) is 32.9. The van der Waals surface area contributed by atoms with Crippen LogP contribution in [0.3, 0.4) is 0 Å². The van der Waals surface area contributed by atoms with E-state index in [1.165, 1.54) is 0 Å². The monoisotopic (exact) mass is 1310 g/mol. The van der Waals surface area contributed by atoms with Crippen molar-refractivity contribution in [1.29, 1.82) is 0 Å². The number of rotatable bonds is 33. The van der Waals surface area contributed by atoms with Crippen molar-refractivity contribution in [2.24, 2.45) is 10.8 Å². The maximum absolute atomic E-state index is 14.3. The number of carbonyl (C=O) groups is 4. The number of carbonyl (C=O) groups excluding carboxylic acids is 4. The molecule has 0 amide bonds. The number of ether oxygens (including phenoxy) is 10. The van der Waals surface area contributed by atoms with Crippen LogP contribution >= 0.6 is 0 Å². The molecule has 0 atom stereocenters. The summed E-state index contributed by atoms with van der Waals surface area (Å²) in [6.45, 7) is 11.9. The van der Waals surface area contributed by atoms with Crippen LogP contribution in [0.4, 0.5) is 0 Å². The Labute approximate surface area is 572 Å². The molecule has 0 aliphatic carbocycles. The molecule has 2 aliphatic heterocycles. The molecule has 10 aromatic carbocycles. The topological polar surface area (TPSA) is 161 Å². The summed E-state index contributed by atoms with van der Waals surface area (Å²) in [5.41, 5.74) is 6.42. The molecular weight excluding hydrogens is 1230 g/mol. The average molecular weight is 1320 g/mol. The van der Waals surface area contributed by atoms with E-state index in [1.807, 2.05) is 109 Å². The molecule has 14 nitrogen and oxygen atoms in total. The van der Waals surface area contributed by atoms with Crippen molar-refractivity contribution in [2.45, 2.75) is 78.1 Å². The van der Waals surface area contributed by atoms with E-state index in [0.29, 0.717) is 69.6 Å². The highest BCUT2D eigenvalue weighted by atomic mass is 16.6. The zero-order chi connectivity index (χ0) is 67.5. The number of hydrogen-bond donors (Lipinski definition) is 0.